The number of nitrogens with zero attached hydrogens (tertiary/aromatic N) is 2. The van der Waals surface area contributed by atoms with Crippen LogP contribution in [0.2, 0.25) is 0 Å². The summed E-state index contributed by atoms with van der Waals surface area (Å²) in [5.41, 5.74) is 0.932. The first-order valence-corrected chi connectivity index (χ1v) is 11.5. The number of halogens is 3. The van der Waals surface area contributed by atoms with Gasteiger partial charge in [0, 0.05) is 36.7 Å². The second-order valence-electron chi connectivity index (χ2n) is 8.72. The van der Waals surface area contributed by atoms with Crippen LogP contribution in [-0.4, -0.2) is 42.7 Å². The average Bonchev–Trinajstić information content (AvgIpc) is 3.11. The molecule has 0 aliphatic carbocycles. The molecular weight excluding hydrogens is 429 g/mol. The van der Waals surface area contributed by atoms with Crippen molar-refractivity contribution in [2.75, 3.05) is 30.3 Å². The van der Waals surface area contributed by atoms with Gasteiger partial charge in [-0.2, -0.15) is 13.2 Å². The molecule has 33 heavy (non-hydrogen) atoms. The number of hydrogen-bond donors (Lipinski definition) is 2. The lowest BCUT2D eigenvalue weighted by atomic mass is 10.0. The lowest BCUT2D eigenvalue weighted by Crippen LogP contribution is -2.38. The Morgan fingerprint density at radius 2 is 2.03 bits per heavy atom. The van der Waals surface area contributed by atoms with Gasteiger partial charge in [-0.25, -0.2) is 0 Å². The van der Waals surface area contributed by atoms with Crippen molar-refractivity contribution >= 4 is 29.2 Å². The Labute approximate surface area is 192 Å². The number of aliphatic imine (C=N–C) groups is 1. The first-order chi connectivity index (χ1) is 15.8. The van der Waals surface area contributed by atoms with Crippen LogP contribution >= 0.6 is 0 Å². The predicted molar refractivity (Wildman–Crippen MR) is 125 cm³/mol. The van der Waals surface area contributed by atoms with E-state index >= 15 is 0 Å². The maximum absolute atomic E-state index is 13.7. The third-order valence-corrected chi connectivity index (χ3v) is 6.40. The molecule has 2 N–H and O–H groups in total. The van der Waals surface area contributed by atoms with Crippen LogP contribution in [0.4, 0.5) is 30.2 Å². The number of alkyl halides is 3. The number of rotatable bonds is 7. The van der Waals surface area contributed by atoms with Crippen LogP contribution in [0, 0.1) is 0 Å². The molecule has 1 amide bonds. The van der Waals surface area contributed by atoms with Gasteiger partial charge in [0.1, 0.15) is 5.92 Å². The van der Waals surface area contributed by atoms with Crippen LogP contribution in [0.5, 0.6) is 0 Å². The summed E-state index contributed by atoms with van der Waals surface area (Å²) < 4.78 is 41.1. The molecule has 0 radical (unpaired) electrons. The first-order valence-electron chi connectivity index (χ1n) is 11.5. The van der Waals surface area contributed by atoms with E-state index in [9.17, 15) is 18.0 Å². The molecule has 5 nitrogen and oxygen atoms in total. The standard InChI is InChI=1S/C25H29F3N4O/c1-17-7-4-5-13-32(17)14-6-12-29-23-11-10-18(15-21(23)25(26,27)28)30-16-20-19-8-2-3-9-22(19)31-24(20)33/h2-3,8-11,15-17,20,29H,4-7,12-14H2,1H3,(H,31,33). The number of hydrogen-bond acceptors (Lipinski definition) is 4. The summed E-state index contributed by atoms with van der Waals surface area (Å²) in [5.74, 6) is -0.858. The molecule has 0 spiro atoms. The van der Waals surface area contributed by atoms with E-state index in [4.69, 9.17) is 0 Å². The monoisotopic (exact) mass is 458 g/mol. The Morgan fingerprint density at radius 1 is 1.21 bits per heavy atom. The lowest BCUT2D eigenvalue weighted by molar-refractivity contribution is -0.137. The van der Waals surface area contributed by atoms with Gasteiger partial charge >= 0.3 is 6.18 Å². The van der Waals surface area contributed by atoms with Gasteiger partial charge in [-0.1, -0.05) is 24.6 Å². The number of carbonyl (C=O) groups excluding carboxylic acids is 1. The summed E-state index contributed by atoms with van der Waals surface area (Å²) in [6.45, 7) is 4.61. The molecule has 2 unspecified atom stereocenters. The van der Waals surface area contributed by atoms with E-state index in [1.165, 1.54) is 31.5 Å². The number of anilines is 2. The molecule has 1 fully saturated rings. The van der Waals surface area contributed by atoms with Crippen LogP contribution in [-0.2, 0) is 11.0 Å². The molecular formula is C25H29F3N4O. The fourth-order valence-electron chi connectivity index (χ4n) is 4.54. The second-order valence-corrected chi connectivity index (χ2v) is 8.72. The third-order valence-electron chi connectivity index (χ3n) is 6.40. The average molecular weight is 459 g/mol. The van der Waals surface area contributed by atoms with Crippen LogP contribution in [0.1, 0.15) is 49.7 Å². The lowest BCUT2D eigenvalue weighted by Gasteiger charge is -2.33. The van der Waals surface area contributed by atoms with Gasteiger partial charge in [0.05, 0.1) is 11.3 Å². The summed E-state index contributed by atoms with van der Waals surface area (Å²) in [6.07, 6.45) is 1.29. The van der Waals surface area contributed by atoms with Crippen molar-refractivity contribution in [1.29, 1.82) is 0 Å². The Balaban J connectivity index is 1.42. The first kappa shape index (κ1) is 23.3. The topological polar surface area (TPSA) is 56.7 Å². The Bertz CT molecular complexity index is 1020. The molecule has 2 aliphatic rings. The summed E-state index contributed by atoms with van der Waals surface area (Å²) in [4.78, 5) is 18.8. The van der Waals surface area contributed by atoms with Gasteiger partial charge in [0.2, 0.25) is 5.91 Å². The number of benzene rings is 2. The zero-order chi connectivity index (χ0) is 23.4. The maximum atomic E-state index is 13.7. The molecule has 0 aromatic heterocycles. The highest BCUT2D eigenvalue weighted by Crippen LogP contribution is 2.38. The van der Waals surface area contributed by atoms with Crippen molar-refractivity contribution in [3.05, 3.63) is 53.6 Å². The number of piperidine rings is 1. The molecule has 176 valence electrons. The smallest absolute Gasteiger partial charge is 0.385 e. The fourth-order valence-corrected chi connectivity index (χ4v) is 4.54. The van der Waals surface area contributed by atoms with E-state index in [0.717, 1.165) is 31.1 Å². The number of carbonyl (C=O) groups is 1. The Hall–Kier alpha value is -2.87. The van der Waals surface area contributed by atoms with E-state index in [-0.39, 0.29) is 17.3 Å². The highest BCUT2D eigenvalue weighted by Gasteiger charge is 2.34. The van der Waals surface area contributed by atoms with E-state index in [1.54, 1.807) is 12.1 Å². The Kier molecular flexibility index (Phi) is 7.02. The molecule has 0 saturated carbocycles. The molecule has 2 heterocycles. The summed E-state index contributed by atoms with van der Waals surface area (Å²) in [5, 5.41) is 5.72. The minimum Gasteiger partial charge on any atom is -0.385 e. The molecule has 2 atom stereocenters. The predicted octanol–water partition coefficient (Wildman–Crippen LogP) is 5.82. The molecule has 1 saturated heterocycles. The summed E-state index contributed by atoms with van der Waals surface area (Å²) in [6, 6.07) is 11.8. The molecule has 2 aliphatic heterocycles. The van der Waals surface area contributed by atoms with E-state index < -0.39 is 17.7 Å². The van der Waals surface area contributed by atoms with Gasteiger partial charge in [-0.05, 0) is 62.6 Å². The summed E-state index contributed by atoms with van der Waals surface area (Å²) >= 11 is 0. The molecule has 4 rings (SSSR count). The zero-order valence-corrected chi connectivity index (χ0v) is 18.7. The number of amides is 1. The molecule has 8 heteroatoms. The highest BCUT2D eigenvalue weighted by atomic mass is 19.4. The second kappa shape index (κ2) is 9.95. The largest absolute Gasteiger partial charge is 0.418 e. The van der Waals surface area contributed by atoms with Crippen LogP contribution < -0.4 is 10.6 Å². The van der Waals surface area contributed by atoms with Gasteiger partial charge in [0.15, 0.2) is 0 Å². The van der Waals surface area contributed by atoms with Gasteiger partial charge < -0.3 is 15.5 Å². The van der Waals surface area contributed by atoms with E-state index in [0.29, 0.717) is 18.3 Å². The highest BCUT2D eigenvalue weighted by molar-refractivity contribution is 6.12. The fraction of sp³-hybridized carbons (Fsp3) is 0.440. The number of nitrogens with one attached hydrogen (secondary N) is 2. The van der Waals surface area contributed by atoms with E-state index in [1.807, 2.05) is 18.2 Å². The van der Waals surface area contributed by atoms with Crippen LogP contribution in [0.15, 0.2) is 47.5 Å². The third kappa shape index (κ3) is 5.55. The minimum atomic E-state index is -4.51. The number of para-hydroxylation sites is 1. The molecule has 2 aromatic rings. The van der Waals surface area contributed by atoms with Crippen molar-refractivity contribution in [2.45, 2.75) is 50.7 Å². The van der Waals surface area contributed by atoms with Gasteiger partial charge in [-0.15, -0.1) is 0 Å². The number of fused-ring (bicyclic) bond motifs is 1. The maximum Gasteiger partial charge on any atom is 0.418 e. The quantitative estimate of drug-likeness (QED) is 0.406. The molecule has 0 bridgehead atoms. The van der Waals surface area contributed by atoms with Crippen molar-refractivity contribution in [3.63, 3.8) is 0 Å². The van der Waals surface area contributed by atoms with Crippen molar-refractivity contribution < 1.29 is 18.0 Å². The molecule has 2 aromatic carbocycles. The minimum absolute atomic E-state index is 0.0529. The SMILES string of the molecule is CC1CCCCN1CCCNc1ccc(N=CC2C(=O)Nc3ccccc32)cc1C(F)(F)F. The van der Waals surface area contributed by atoms with Crippen molar-refractivity contribution in [3.8, 4) is 0 Å². The van der Waals surface area contributed by atoms with Crippen LogP contribution in [0.25, 0.3) is 0 Å². The van der Waals surface area contributed by atoms with E-state index in [2.05, 4.69) is 27.4 Å². The van der Waals surface area contributed by atoms with Crippen molar-refractivity contribution in [2.24, 2.45) is 4.99 Å². The zero-order valence-electron chi connectivity index (χ0n) is 18.7. The number of likely N-dealkylation sites (tertiary alicyclic amines) is 1. The Morgan fingerprint density at radius 3 is 2.82 bits per heavy atom. The van der Waals surface area contributed by atoms with Gasteiger partial charge in [-0.3, -0.25) is 9.79 Å². The van der Waals surface area contributed by atoms with Gasteiger partial charge in [0.25, 0.3) is 0 Å². The normalized spacial score (nSPS) is 21.3. The summed E-state index contributed by atoms with van der Waals surface area (Å²) in [7, 11) is 0. The van der Waals surface area contributed by atoms with Crippen molar-refractivity contribution in [1.82, 2.24) is 4.90 Å². The van der Waals surface area contributed by atoms with Crippen LogP contribution in [0.3, 0.4) is 0 Å².